The Morgan fingerprint density at radius 1 is 1.47 bits per heavy atom. The third-order valence-electron chi connectivity index (χ3n) is 1.75. The second-order valence-corrected chi connectivity index (χ2v) is 2.80. The highest BCUT2D eigenvalue weighted by Crippen LogP contribution is 2.27. The van der Waals surface area contributed by atoms with Gasteiger partial charge in [-0.1, -0.05) is 0 Å². The topological polar surface area (TPSA) is 68.0 Å². The molecule has 1 aromatic heterocycles. The number of nitrogens with zero attached hydrogens (tertiary/aromatic N) is 1. The molecule has 7 heteroatoms. The number of aromatic nitrogens is 1. The van der Waals surface area contributed by atoms with Crippen LogP contribution in [-0.2, 0) is 6.18 Å². The van der Waals surface area contributed by atoms with Crippen molar-refractivity contribution in [2.75, 3.05) is 0 Å². The number of aryl methyl sites for hydroxylation is 1. The van der Waals surface area contributed by atoms with Gasteiger partial charge in [-0.05, 0) is 19.1 Å². The van der Waals surface area contributed by atoms with E-state index in [2.05, 4.69) is 4.98 Å². The summed E-state index contributed by atoms with van der Waals surface area (Å²) in [5, 5.41) is 0. The van der Waals surface area contributed by atoms with Gasteiger partial charge >= 0.3 is 6.18 Å². The molecule has 0 saturated carbocycles. The van der Waals surface area contributed by atoms with Crippen LogP contribution in [0.2, 0.25) is 0 Å². The van der Waals surface area contributed by atoms with Crippen molar-refractivity contribution >= 4 is 5.91 Å². The number of pyridine rings is 1. The van der Waals surface area contributed by atoms with Crippen LogP contribution in [0.4, 0.5) is 13.2 Å². The number of hydrogen-bond acceptors (Lipinski definition) is 3. The number of alkyl halides is 3. The molecule has 0 unspecified atom stereocenters. The highest BCUT2D eigenvalue weighted by Gasteiger charge is 2.32. The smallest absolute Gasteiger partial charge is 0.290 e. The van der Waals surface area contributed by atoms with E-state index in [9.17, 15) is 18.0 Å². The molecule has 0 aliphatic carbocycles. The Labute approximate surface area is 83.3 Å². The van der Waals surface area contributed by atoms with Gasteiger partial charge in [-0.15, -0.1) is 0 Å². The second kappa shape index (κ2) is 3.85. The van der Waals surface area contributed by atoms with Gasteiger partial charge in [0.15, 0.2) is 0 Å². The summed E-state index contributed by atoms with van der Waals surface area (Å²) in [6.07, 6.45) is -4.51. The highest BCUT2D eigenvalue weighted by atomic mass is 19.4. The van der Waals surface area contributed by atoms with Crippen molar-refractivity contribution in [2.24, 2.45) is 5.84 Å². The summed E-state index contributed by atoms with van der Waals surface area (Å²) < 4.78 is 36.6. The molecule has 0 aliphatic rings. The molecular weight excluding hydrogens is 211 g/mol. The first kappa shape index (κ1) is 11.4. The van der Waals surface area contributed by atoms with Gasteiger partial charge in [-0.3, -0.25) is 10.2 Å². The minimum atomic E-state index is -4.51. The molecule has 1 heterocycles. The summed E-state index contributed by atoms with van der Waals surface area (Å²) >= 11 is 0. The fraction of sp³-hybridized carbons (Fsp3) is 0.250. The lowest BCUT2D eigenvalue weighted by Gasteiger charge is -2.08. The van der Waals surface area contributed by atoms with Gasteiger partial charge in [0, 0.05) is 0 Å². The van der Waals surface area contributed by atoms with E-state index >= 15 is 0 Å². The van der Waals surface area contributed by atoms with E-state index < -0.39 is 17.8 Å². The van der Waals surface area contributed by atoms with Gasteiger partial charge in [-0.25, -0.2) is 10.8 Å². The van der Waals surface area contributed by atoms with Crippen molar-refractivity contribution in [3.05, 3.63) is 29.1 Å². The predicted molar refractivity (Wildman–Crippen MR) is 45.6 cm³/mol. The molecule has 0 spiro atoms. The van der Waals surface area contributed by atoms with Crippen molar-refractivity contribution in [3.63, 3.8) is 0 Å². The molecule has 0 bridgehead atoms. The number of hydrogen-bond donors (Lipinski definition) is 2. The van der Waals surface area contributed by atoms with E-state index in [0.29, 0.717) is 0 Å². The molecule has 0 radical (unpaired) electrons. The zero-order chi connectivity index (χ0) is 11.6. The molecular formula is C8H8F3N3O. The fourth-order valence-electron chi connectivity index (χ4n) is 1.04. The number of amides is 1. The normalized spacial score (nSPS) is 11.3. The van der Waals surface area contributed by atoms with Crippen LogP contribution in [-0.4, -0.2) is 10.9 Å². The largest absolute Gasteiger partial charge is 0.433 e. The van der Waals surface area contributed by atoms with Crippen LogP contribution in [0, 0.1) is 6.92 Å². The molecule has 0 saturated heterocycles. The number of nitrogens with one attached hydrogen (secondary N) is 1. The van der Waals surface area contributed by atoms with Crippen molar-refractivity contribution in [3.8, 4) is 0 Å². The van der Waals surface area contributed by atoms with Crippen molar-refractivity contribution < 1.29 is 18.0 Å². The number of carbonyl (C=O) groups excluding carboxylic acids is 1. The van der Waals surface area contributed by atoms with E-state index in [1.54, 1.807) is 0 Å². The Bertz CT molecular complexity index is 389. The highest BCUT2D eigenvalue weighted by molar-refractivity contribution is 5.94. The van der Waals surface area contributed by atoms with Crippen LogP contribution in [0.1, 0.15) is 21.7 Å². The van der Waals surface area contributed by atoms with Crippen molar-refractivity contribution in [2.45, 2.75) is 13.1 Å². The molecule has 0 atom stereocenters. The van der Waals surface area contributed by atoms with Gasteiger partial charge in [0.05, 0.1) is 11.3 Å². The fourth-order valence-corrected chi connectivity index (χ4v) is 1.04. The maximum absolute atomic E-state index is 12.2. The minimum Gasteiger partial charge on any atom is -0.290 e. The van der Waals surface area contributed by atoms with Crippen LogP contribution >= 0.6 is 0 Å². The summed E-state index contributed by atoms with van der Waals surface area (Å²) in [4.78, 5) is 14.3. The van der Waals surface area contributed by atoms with E-state index in [4.69, 9.17) is 5.84 Å². The Balaban J connectivity index is 3.15. The Hall–Kier alpha value is -1.63. The van der Waals surface area contributed by atoms with E-state index in [1.807, 2.05) is 5.43 Å². The van der Waals surface area contributed by atoms with Gasteiger partial charge in [0.25, 0.3) is 5.91 Å². The monoisotopic (exact) mass is 219 g/mol. The number of nitrogen functional groups attached to an aromatic ring is 1. The Kier molecular flexibility index (Phi) is 2.94. The molecule has 1 amide bonds. The van der Waals surface area contributed by atoms with Gasteiger partial charge in [0.2, 0.25) is 0 Å². The number of rotatable bonds is 1. The first-order valence-corrected chi connectivity index (χ1v) is 3.92. The third kappa shape index (κ3) is 2.44. The molecule has 0 fully saturated rings. The van der Waals surface area contributed by atoms with Crippen molar-refractivity contribution in [1.82, 2.24) is 10.4 Å². The summed E-state index contributed by atoms with van der Waals surface area (Å²) in [5.41, 5.74) is 0.785. The molecule has 0 aliphatic heterocycles. The predicted octanol–water partition coefficient (Wildman–Crippen LogP) is 1.01. The van der Waals surface area contributed by atoms with E-state index in [-0.39, 0.29) is 11.3 Å². The quantitative estimate of drug-likeness (QED) is 0.421. The van der Waals surface area contributed by atoms with Crippen LogP contribution in [0.25, 0.3) is 0 Å². The number of hydrazine groups is 1. The molecule has 15 heavy (non-hydrogen) atoms. The summed E-state index contributed by atoms with van der Waals surface area (Å²) in [7, 11) is 0. The zero-order valence-corrected chi connectivity index (χ0v) is 7.72. The molecule has 0 aromatic carbocycles. The zero-order valence-electron chi connectivity index (χ0n) is 7.72. The SMILES string of the molecule is Cc1nc(C(F)(F)F)ccc1C(=O)NN. The van der Waals surface area contributed by atoms with E-state index in [0.717, 1.165) is 12.1 Å². The third-order valence-corrected chi connectivity index (χ3v) is 1.75. The second-order valence-electron chi connectivity index (χ2n) is 2.80. The molecule has 1 aromatic rings. The average molecular weight is 219 g/mol. The van der Waals surface area contributed by atoms with E-state index in [1.165, 1.54) is 6.92 Å². The van der Waals surface area contributed by atoms with Crippen LogP contribution in [0.3, 0.4) is 0 Å². The molecule has 3 N–H and O–H groups in total. The first-order valence-electron chi connectivity index (χ1n) is 3.92. The summed E-state index contributed by atoms with van der Waals surface area (Å²) in [6, 6.07) is 1.77. The molecule has 82 valence electrons. The number of halogens is 3. The minimum absolute atomic E-state index is 0.0190. The Morgan fingerprint density at radius 3 is 2.47 bits per heavy atom. The van der Waals surface area contributed by atoms with Gasteiger partial charge in [-0.2, -0.15) is 13.2 Å². The summed E-state index contributed by atoms with van der Waals surface area (Å²) in [5.74, 6) is 4.17. The standard InChI is InChI=1S/C8H8F3N3O/c1-4-5(7(15)14-12)2-3-6(13-4)8(9,10)11/h2-3H,12H2,1H3,(H,14,15). The first-order chi connectivity index (χ1) is 6.86. The average Bonchev–Trinajstić information content (AvgIpc) is 2.15. The van der Waals surface area contributed by atoms with Crippen LogP contribution in [0.15, 0.2) is 12.1 Å². The summed E-state index contributed by atoms with van der Waals surface area (Å²) in [6.45, 7) is 1.31. The maximum Gasteiger partial charge on any atom is 0.433 e. The lowest BCUT2D eigenvalue weighted by molar-refractivity contribution is -0.141. The molecule has 1 rings (SSSR count). The van der Waals surface area contributed by atoms with Crippen LogP contribution < -0.4 is 11.3 Å². The number of nitrogens with two attached hydrogens (primary N) is 1. The maximum atomic E-state index is 12.2. The molecule has 4 nitrogen and oxygen atoms in total. The Morgan fingerprint density at radius 2 is 2.07 bits per heavy atom. The van der Waals surface area contributed by atoms with Gasteiger partial charge in [0.1, 0.15) is 5.69 Å². The van der Waals surface area contributed by atoms with Crippen LogP contribution in [0.5, 0.6) is 0 Å². The van der Waals surface area contributed by atoms with Gasteiger partial charge < -0.3 is 0 Å². The lowest BCUT2D eigenvalue weighted by Crippen LogP contribution is -2.31. The lowest BCUT2D eigenvalue weighted by atomic mass is 10.1. The van der Waals surface area contributed by atoms with Crippen molar-refractivity contribution in [1.29, 1.82) is 0 Å². The number of carbonyl (C=O) groups is 1.